The minimum absolute atomic E-state index is 0.182. The molecule has 2 nitrogen and oxygen atoms in total. The molecule has 2 heteroatoms. The summed E-state index contributed by atoms with van der Waals surface area (Å²) >= 11 is 0. The first-order chi connectivity index (χ1) is 7.03. The van der Waals surface area contributed by atoms with E-state index in [9.17, 15) is 0 Å². The van der Waals surface area contributed by atoms with E-state index in [1.165, 1.54) is 5.69 Å². The molecule has 1 aromatic rings. The van der Waals surface area contributed by atoms with Crippen molar-refractivity contribution >= 4 is 5.69 Å². The first-order valence-corrected chi connectivity index (χ1v) is 5.54. The molecule has 0 saturated carbocycles. The summed E-state index contributed by atoms with van der Waals surface area (Å²) in [4.78, 5) is 0. The van der Waals surface area contributed by atoms with Crippen molar-refractivity contribution in [2.45, 2.75) is 38.8 Å². The number of hydrogen-bond donors (Lipinski definition) is 2. The summed E-state index contributed by atoms with van der Waals surface area (Å²) in [6, 6.07) is 10.8. The van der Waals surface area contributed by atoms with E-state index in [2.05, 4.69) is 55.7 Å². The molecular weight excluding hydrogens is 184 g/mol. The van der Waals surface area contributed by atoms with Gasteiger partial charge in [0, 0.05) is 17.3 Å². The molecule has 2 N–H and O–H groups in total. The molecule has 0 aliphatic heterocycles. The largest absolute Gasteiger partial charge is 0.383 e. The molecule has 15 heavy (non-hydrogen) atoms. The van der Waals surface area contributed by atoms with Gasteiger partial charge in [0.25, 0.3) is 0 Å². The van der Waals surface area contributed by atoms with Crippen molar-refractivity contribution in [3.05, 3.63) is 30.3 Å². The molecule has 0 amide bonds. The lowest BCUT2D eigenvalue weighted by Gasteiger charge is -2.28. The van der Waals surface area contributed by atoms with Gasteiger partial charge in [-0.1, -0.05) is 18.2 Å². The maximum atomic E-state index is 3.49. The molecule has 1 atom stereocenters. The lowest BCUT2D eigenvalue weighted by molar-refractivity contribution is 0.375. The minimum Gasteiger partial charge on any atom is -0.383 e. The van der Waals surface area contributed by atoms with Crippen molar-refractivity contribution < 1.29 is 0 Å². The second-order valence-electron chi connectivity index (χ2n) is 4.75. The third kappa shape index (κ3) is 4.34. The van der Waals surface area contributed by atoms with Crippen LogP contribution in [0.3, 0.4) is 0 Å². The molecule has 0 radical (unpaired) electrons. The van der Waals surface area contributed by atoms with E-state index in [0.29, 0.717) is 6.04 Å². The zero-order chi connectivity index (χ0) is 11.3. The van der Waals surface area contributed by atoms with Crippen LogP contribution in [0.25, 0.3) is 0 Å². The van der Waals surface area contributed by atoms with Crippen LogP contribution in [-0.4, -0.2) is 18.6 Å². The van der Waals surface area contributed by atoms with Gasteiger partial charge in [-0.2, -0.15) is 0 Å². The molecule has 0 aromatic heterocycles. The fourth-order valence-electron chi connectivity index (χ4n) is 1.74. The zero-order valence-corrected chi connectivity index (χ0v) is 10.2. The van der Waals surface area contributed by atoms with Crippen LogP contribution in [0.2, 0.25) is 0 Å². The van der Waals surface area contributed by atoms with Crippen LogP contribution >= 0.6 is 0 Å². The Hall–Kier alpha value is -1.02. The predicted octanol–water partition coefficient (Wildman–Crippen LogP) is 2.88. The number of rotatable bonds is 5. The Morgan fingerprint density at radius 2 is 1.80 bits per heavy atom. The molecule has 0 fully saturated rings. The number of nitrogens with one attached hydrogen (secondary N) is 2. The van der Waals surface area contributed by atoms with Crippen molar-refractivity contribution in [1.82, 2.24) is 5.32 Å². The molecule has 0 aliphatic carbocycles. The van der Waals surface area contributed by atoms with Gasteiger partial charge < -0.3 is 10.6 Å². The van der Waals surface area contributed by atoms with Crippen molar-refractivity contribution in [2.75, 3.05) is 12.4 Å². The van der Waals surface area contributed by atoms with E-state index < -0.39 is 0 Å². The van der Waals surface area contributed by atoms with Crippen LogP contribution in [0.1, 0.15) is 27.2 Å². The van der Waals surface area contributed by atoms with E-state index >= 15 is 0 Å². The van der Waals surface area contributed by atoms with E-state index in [1.54, 1.807) is 0 Å². The average molecular weight is 206 g/mol. The van der Waals surface area contributed by atoms with Crippen LogP contribution in [0.4, 0.5) is 5.69 Å². The highest BCUT2D eigenvalue weighted by molar-refractivity contribution is 5.43. The van der Waals surface area contributed by atoms with Crippen molar-refractivity contribution in [3.8, 4) is 0 Å². The smallest absolute Gasteiger partial charge is 0.0342 e. The molecule has 0 spiro atoms. The summed E-state index contributed by atoms with van der Waals surface area (Å²) in [5, 5.41) is 6.81. The van der Waals surface area contributed by atoms with E-state index in [4.69, 9.17) is 0 Å². The summed E-state index contributed by atoms with van der Waals surface area (Å²) in [5.41, 5.74) is 1.37. The maximum Gasteiger partial charge on any atom is 0.0342 e. The van der Waals surface area contributed by atoms with Crippen molar-refractivity contribution in [1.29, 1.82) is 0 Å². The Labute approximate surface area is 93.1 Å². The average Bonchev–Trinajstić information content (AvgIpc) is 2.18. The molecular formula is C13H22N2. The van der Waals surface area contributed by atoms with Gasteiger partial charge in [0.1, 0.15) is 0 Å². The third-order valence-corrected chi connectivity index (χ3v) is 2.68. The molecule has 1 aromatic carbocycles. The number of para-hydroxylation sites is 1. The molecule has 0 heterocycles. The van der Waals surface area contributed by atoms with E-state index in [1.807, 2.05) is 13.1 Å². The number of anilines is 1. The first kappa shape index (κ1) is 12.1. The first-order valence-electron chi connectivity index (χ1n) is 5.54. The number of hydrogen-bond acceptors (Lipinski definition) is 2. The van der Waals surface area contributed by atoms with Gasteiger partial charge in [0.15, 0.2) is 0 Å². The van der Waals surface area contributed by atoms with Crippen LogP contribution in [0, 0.1) is 0 Å². The second-order valence-corrected chi connectivity index (χ2v) is 4.75. The Kier molecular flexibility index (Phi) is 4.15. The normalized spacial score (nSPS) is 13.6. The van der Waals surface area contributed by atoms with Gasteiger partial charge in [0.2, 0.25) is 0 Å². The Morgan fingerprint density at radius 1 is 1.20 bits per heavy atom. The quantitative estimate of drug-likeness (QED) is 0.774. The highest BCUT2D eigenvalue weighted by Gasteiger charge is 2.18. The predicted molar refractivity (Wildman–Crippen MR) is 67.3 cm³/mol. The van der Waals surface area contributed by atoms with Crippen molar-refractivity contribution in [3.63, 3.8) is 0 Å². The van der Waals surface area contributed by atoms with Gasteiger partial charge >= 0.3 is 0 Å². The highest BCUT2D eigenvalue weighted by atomic mass is 15.0. The maximum absolute atomic E-state index is 3.49. The molecule has 1 rings (SSSR count). The van der Waals surface area contributed by atoms with Crippen LogP contribution < -0.4 is 10.6 Å². The Bertz CT molecular complexity index is 280. The number of benzene rings is 1. The summed E-state index contributed by atoms with van der Waals surface area (Å²) < 4.78 is 0. The standard InChI is InChI=1S/C13H22N2/c1-11(10-13(2,3)14-4)15-12-8-6-5-7-9-12/h5-9,11,14-15H,10H2,1-4H3. The van der Waals surface area contributed by atoms with Gasteiger partial charge in [-0.05, 0) is 46.4 Å². The molecule has 0 saturated heterocycles. The monoisotopic (exact) mass is 206 g/mol. The van der Waals surface area contributed by atoms with E-state index in [0.717, 1.165) is 6.42 Å². The molecule has 1 unspecified atom stereocenters. The van der Waals surface area contributed by atoms with E-state index in [-0.39, 0.29) is 5.54 Å². The highest BCUT2D eigenvalue weighted by Crippen LogP contribution is 2.15. The third-order valence-electron chi connectivity index (χ3n) is 2.68. The topological polar surface area (TPSA) is 24.1 Å². The summed E-state index contributed by atoms with van der Waals surface area (Å²) in [6.07, 6.45) is 1.10. The zero-order valence-electron chi connectivity index (χ0n) is 10.2. The molecule has 0 bridgehead atoms. The lowest BCUT2D eigenvalue weighted by atomic mass is 9.96. The van der Waals surface area contributed by atoms with Gasteiger partial charge in [0.05, 0.1) is 0 Å². The van der Waals surface area contributed by atoms with Gasteiger partial charge in [-0.25, -0.2) is 0 Å². The van der Waals surface area contributed by atoms with Crippen molar-refractivity contribution in [2.24, 2.45) is 0 Å². The second kappa shape index (κ2) is 5.17. The fraction of sp³-hybridized carbons (Fsp3) is 0.538. The summed E-state index contributed by atoms with van der Waals surface area (Å²) in [7, 11) is 2.01. The summed E-state index contributed by atoms with van der Waals surface area (Å²) in [6.45, 7) is 6.65. The van der Waals surface area contributed by atoms with Crippen LogP contribution in [0.5, 0.6) is 0 Å². The summed E-state index contributed by atoms with van der Waals surface area (Å²) in [5.74, 6) is 0. The van der Waals surface area contributed by atoms with Crippen LogP contribution in [0.15, 0.2) is 30.3 Å². The van der Waals surface area contributed by atoms with Crippen LogP contribution in [-0.2, 0) is 0 Å². The fourth-order valence-corrected chi connectivity index (χ4v) is 1.74. The molecule has 84 valence electrons. The Balaban J connectivity index is 2.46. The molecule has 0 aliphatic rings. The van der Waals surface area contributed by atoms with Gasteiger partial charge in [-0.15, -0.1) is 0 Å². The Morgan fingerprint density at radius 3 is 2.33 bits per heavy atom. The lowest BCUT2D eigenvalue weighted by Crippen LogP contribution is -2.40. The SMILES string of the molecule is CNC(C)(C)CC(C)Nc1ccccc1. The van der Waals surface area contributed by atoms with Gasteiger partial charge in [-0.3, -0.25) is 0 Å². The minimum atomic E-state index is 0.182.